The first-order chi connectivity index (χ1) is 8.13. The summed E-state index contributed by atoms with van der Waals surface area (Å²) in [5.41, 5.74) is 2.37. The topological polar surface area (TPSA) is 50.7 Å². The lowest BCUT2D eigenvalue weighted by molar-refractivity contribution is -0.123. The Morgan fingerprint density at radius 1 is 1.53 bits per heavy atom. The highest BCUT2D eigenvalue weighted by atomic mass is 79.9. The normalized spacial score (nSPS) is 10.5. The number of hydrogen-bond donors (Lipinski definition) is 1. The SMILES string of the molecule is CC/C=N/NC(=O)COc1ccc(Br)cc1Br. The molecule has 0 atom stereocenters. The second kappa shape index (κ2) is 7.45. The van der Waals surface area contributed by atoms with Gasteiger partial charge in [0, 0.05) is 10.7 Å². The molecule has 4 nitrogen and oxygen atoms in total. The lowest BCUT2D eigenvalue weighted by atomic mass is 10.3. The largest absolute Gasteiger partial charge is 0.483 e. The van der Waals surface area contributed by atoms with Crippen LogP contribution in [0.25, 0.3) is 0 Å². The first-order valence-electron chi connectivity index (χ1n) is 5.01. The van der Waals surface area contributed by atoms with E-state index in [1.54, 1.807) is 12.3 Å². The Morgan fingerprint density at radius 2 is 2.29 bits per heavy atom. The Bertz CT molecular complexity index is 422. The number of carbonyl (C=O) groups excluding carboxylic acids is 1. The third-order valence-corrected chi connectivity index (χ3v) is 2.83. The molecular formula is C11H12Br2N2O2. The zero-order valence-corrected chi connectivity index (χ0v) is 12.4. The summed E-state index contributed by atoms with van der Waals surface area (Å²) in [5, 5.41) is 3.71. The molecule has 0 fully saturated rings. The van der Waals surface area contributed by atoms with Crippen LogP contribution in [-0.2, 0) is 4.79 Å². The molecule has 1 rings (SSSR count). The number of rotatable bonds is 5. The molecular weight excluding hydrogens is 352 g/mol. The van der Waals surface area contributed by atoms with Crippen LogP contribution in [-0.4, -0.2) is 18.7 Å². The fourth-order valence-electron chi connectivity index (χ4n) is 0.977. The van der Waals surface area contributed by atoms with E-state index in [1.807, 2.05) is 19.1 Å². The van der Waals surface area contributed by atoms with Crippen molar-refractivity contribution in [3.8, 4) is 5.75 Å². The lowest BCUT2D eigenvalue weighted by Gasteiger charge is -2.07. The number of ether oxygens (including phenoxy) is 1. The van der Waals surface area contributed by atoms with Gasteiger partial charge < -0.3 is 4.74 Å². The lowest BCUT2D eigenvalue weighted by Crippen LogP contribution is -2.24. The summed E-state index contributed by atoms with van der Waals surface area (Å²) in [6.07, 6.45) is 2.40. The average molecular weight is 364 g/mol. The van der Waals surface area contributed by atoms with Crippen molar-refractivity contribution in [3.63, 3.8) is 0 Å². The molecule has 1 aromatic rings. The van der Waals surface area contributed by atoms with Crippen molar-refractivity contribution in [1.82, 2.24) is 5.43 Å². The van der Waals surface area contributed by atoms with Gasteiger partial charge in [-0.05, 0) is 40.5 Å². The summed E-state index contributed by atoms with van der Waals surface area (Å²) in [6.45, 7) is 1.87. The minimum Gasteiger partial charge on any atom is -0.483 e. The molecule has 0 heterocycles. The molecule has 0 bridgehead atoms. The zero-order valence-electron chi connectivity index (χ0n) is 9.24. The van der Waals surface area contributed by atoms with E-state index < -0.39 is 0 Å². The predicted octanol–water partition coefficient (Wildman–Crippen LogP) is 3.10. The van der Waals surface area contributed by atoms with Crippen molar-refractivity contribution < 1.29 is 9.53 Å². The third kappa shape index (κ3) is 5.32. The summed E-state index contributed by atoms with van der Waals surface area (Å²) in [5.74, 6) is 0.326. The Balaban J connectivity index is 2.44. The molecule has 1 aromatic carbocycles. The van der Waals surface area contributed by atoms with E-state index in [2.05, 4.69) is 42.4 Å². The monoisotopic (exact) mass is 362 g/mol. The molecule has 1 N–H and O–H groups in total. The van der Waals surface area contributed by atoms with Gasteiger partial charge in [0.2, 0.25) is 0 Å². The van der Waals surface area contributed by atoms with Crippen molar-refractivity contribution >= 4 is 44.0 Å². The highest BCUT2D eigenvalue weighted by molar-refractivity contribution is 9.11. The maximum absolute atomic E-state index is 11.3. The molecule has 0 spiro atoms. The van der Waals surface area contributed by atoms with Gasteiger partial charge in [-0.3, -0.25) is 4.79 Å². The van der Waals surface area contributed by atoms with Crippen molar-refractivity contribution in [2.24, 2.45) is 5.10 Å². The minimum atomic E-state index is -0.287. The molecule has 0 radical (unpaired) electrons. The average Bonchev–Trinajstić information content (AvgIpc) is 2.28. The van der Waals surface area contributed by atoms with Crippen LogP contribution < -0.4 is 10.2 Å². The van der Waals surface area contributed by atoms with Crippen LogP contribution in [0.1, 0.15) is 13.3 Å². The Hall–Kier alpha value is -0.880. The third-order valence-electron chi connectivity index (χ3n) is 1.72. The van der Waals surface area contributed by atoms with Crippen LogP contribution in [0.2, 0.25) is 0 Å². The Kier molecular flexibility index (Phi) is 6.21. The van der Waals surface area contributed by atoms with Crippen LogP contribution in [0.15, 0.2) is 32.2 Å². The van der Waals surface area contributed by atoms with Crippen LogP contribution in [0, 0.1) is 0 Å². The smallest absolute Gasteiger partial charge is 0.277 e. The fraction of sp³-hybridized carbons (Fsp3) is 0.273. The maximum atomic E-state index is 11.3. The van der Waals surface area contributed by atoms with E-state index in [0.29, 0.717) is 5.75 Å². The van der Waals surface area contributed by atoms with E-state index in [4.69, 9.17) is 4.74 Å². The summed E-state index contributed by atoms with van der Waals surface area (Å²) < 4.78 is 7.06. The number of carbonyl (C=O) groups is 1. The molecule has 1 amide bonds. The number of nitrogens with one attached hydrogen (secondary N) is 1. The van der Waals surface area contributed by atoms with Gasteiger partial charge in [0.25, 0.3) is 5.91 Å². The highest BCUT2D eigenvalue weighted by Gasteiger charge is 2.05. The second-order valence-electron chi connectivity index (χ2n) is 3.12. The molecule has 0 aliphatic heterocycles. The number of nitrogens with zero attached hydrogens (tertiary/aromatic N) is 1. The van der Waals surface area contributed by atoms with Gasteiger partial charge in [-0.2, -0.15) is 5.10 Å². The van der Waals surface area contributed by atoms with E-state index >= 15 is 0 Å². The number of hydrogen-bond acceptors (Lipinski definition) is 3. The zero-order chi connectivity index (χ0) is 12.7. The van der Waals surface area contributed by atoms with Gasteiger partial charge in [0.05, 0.1) is 4.47 Å². The van der Waals surface area contributed by atoms with Crippen LogP contribution in [0.4, 0.5) is 0 Å². The van der Waals surface area contributed by atoms with Crippen molar-refractivity contribution in [1.29, 1.82) is 0 Å². The van der Waals surface area contributed by atoms with E-state index in [9.17, 15) is 4.79 Å². The van der Waals surface area contributed by atoms with Crippen molar-refractivity contribution in [3.05, 3.63) is 27.1 Å². The van der Waals surface area contributed by atoms with Gasteiger partial charge >= 0.3 is 0 Å². The maximum Gasteiger partial charge on any atom is 0.277 e. The predicted molar refractivity (Wildman–Crippen MR) is 74.3 cm³/mol. The first kappa shape index (κ1) is 14.2. The Morgan fingerprint density at radius 3 is 2.94 bits per heavy atom. The molecule has 0 aliphatic carbocycles. The summed E-state index contributed by atoms with van der Waals surface area (Å²) >= 11 is 6.68. The van der Waals surface area contributed by atoms with Crippen LogP contribution in [0.3, 0.4) is 0 Å². The van der Waals surface area contributed by atoms with E-state index in [1.165, 1.54) is 0 Å². The number of halogens is 2. The van der Waals surface area contributed by atoms with E-state index in [0.717, 1.165) is 15.4 Å². The van der Waals surface area contributed by atoms with Gasteiger partial charge in [-0.25, -0.2) is 5.43 Å². The van der Waals surface area contributed by atoms with E-state index in [-0.39, 0.29) is 12.5 Å². The van der Waals surface area contributed by atoms with Gasteiger partial charge in [0.1, 0.15) is 5.75 Å². The van der Waals surface area contributed by atoms with Crippen molar-refractivity contribution in [2.45, 2.75) is 13.3 Å². The highest BCUT2D eigenvalue weighted by Crippen LogP contribution is 2.27. The van der Waals surface area contributed by atoms with Crippen LogP contribution in [0.5, 0.6) is 5.75 Å². The molecule has 0 saturated carbocycles. The van der Waals surface area contributed by atoms with Crippen LogP contribution >= 0.6 is 31.9 Å². The molecule has 17 heavy (non-hydrogen) atoms. The first-order valence-corrected chi connectivity index (χ1v) is 6.60. The molecule has 6 heteroatoms. The van der Waals surface area contributed by atoms with Crippen molar-refractivity contribution in [2.75, 3.05) is 6.61 Å². The number of amides is 1. The van der Waals surface area contributed by atoms with Gasteiger partial charge in [-0.15, -0.1) is 0 Å². The molecule has 0 aromatic heterocycles. The fourth-order valence-corrected chi connectivity index (χ4v) is 2.14. The summed E-state index contributed by atoms with van der Waals surface area (Å²) in [7, 11) is 0. The van der Waals surface area contributed by atoms with Gasteiger partial charge in [-0.1, -0.05) is 22.9 Å². The standard InChI is InChI=1S/C11H12Br2N2O2/c1-2-5-14-15-11(16)7-17-10-4-3-8(12)6-9(10)13/h3-6H,2,7H2,1H3,(H,15,16)/b14-5+. The molecule has 92 valence electrons. The second-order valence-corrected chi connectivity index (χ2v) is 4.89. The molecule has 0 unspecified atom stereocenters. The minimum absolute atomic E-state index is 0.0682. The number of benzene rings is 1. The summed E-state index contributed by atoms with van der Waals surface area (Å²) in [6, 6.07) is 5.46. The summed E-state index contributed by atoms with van der Waals surface area (Å²) in [4.78, 5) is 11.3. The van der Waals surface area contributed by atoms with Gasteiger partial charge in [0.15, 0.2) is 6.61 Å². The number of hydrazone groups is 1. The molecule has 0 saturated heterocycles. The quantitative estimate of drug-likeness (QED) is 0.645. The Labute approximate surface area is 117 Å². The molecule has 0 aliphatic rings.